The normalized spacial score (nSPS) is 11.6. The van der Waals surface area contributed by atoms with Crippen molar-refractivity contribution in [3.05, 3.63) is 27.7 Å². The van der Waals surface area contributed by atoms with Gasteiger partial charge in [0.15, 0.2) is 0 Å². The maximum Gasteiger partial charge on any atom is 0.141 e. The van der Waals surface area contributed by atoms with Crippen LogP contribution in [0.4, 0.5) is 0 Å². The van der Waals surface area contributed by atoms with Crippen LogP contribution in [0, 0.1) is 0 Å². The molecule has 0 bridgehead atoms. The van der Waals surface area contributed by atoms with E-state index in [2.05, 4.69) is 0 Å². The Kier molecular flexibility index (Phi) is 3.87. The molecular weight excluding hydrogens is 233 g/mol. The fraction of sp³-hybridized carbons (Fsp3) is 0.455. The van der Waals surface area contributed by atoms with Crippen molar-refractivity contribution in [3.63, 3.8) is 0 Å². The minimum Gasteiger partial charge on any atom is -0.495 e. The number of ether oxygens (including phenoxy) is 1. The third kappa shape index (κ3) is 2.57. The van der Waals surface area contributed by atoms with Gasteiger partial charge in [0.25, 0.3) is 0 Å². The molecule has 2 N–H and O–H groups in total. The largest absolute Gasteiger partial charge is 0.495 e. The second kappa shape index (κ2) is 4.60. The fourth-order valence-corrected chi connectivity index (χ4v) is 1.95. The van der Waals surface area contributed by atoms with Gasteiger partial charge in [0, 0.05) is 22.5 Å². The Morgan fingerprint density at radius 1 is 1.33 bits per heavy atom. The van der Waals surface area contributed by atoms with E-state index in [0.717, 1.165) is 5.56 Å². The van der Waals surface area contributed by atoms with E-state index >= 15 is 0 Å². The maximum absolute atomic E-state index is 6.05. The van der Waals surface area contributed by atoms with E-state index in [-0.39, 0.29) is 5.41 Å². The number of methoxy groups -OCH3 is 1. The standard InChI is InChI=1S/C11H15Cl2NO/c1-11(2,6-14)8-4-7(12)5-9(13)10(8)15-3/h4-5H,6,14H2,1-3H3. The maximum atomic E-state index is 6.05. The predicted octanol–water partition coefficient (Wildman–Crippen LogP) is 3.24. The Hall–Kier alpha value is -0.440. The third-order valence-electron chi connectivity index (χ3n) is 2.45. The summed E-state index contributed by atoms with van der Waals surface area (Å²) in [4.78, 5) is 0. The van der Waals surface area contributed by atoms with Crippen molar-refractivity contribution in [3.8, 4) is 5.75 Å². The zero-order valence-corrected chi connectivity index (χ0v) is 10.6. The Bertz CT molecular complexity index is 364. The first-order valence-corrected chi connectivity index (χ1v) is 5.41. The molecule has 0 saturated carbocycles. The first-order valence-electron chi connectivity index (χ1n) is 4.66. The van der Waals surface area contributed by atoms with Crippen LogP contribution in [-0.4, -0.2) is 13.7 Å². The van der Waals surface area contributed by atoms with Crippen molar-refractivity contribution in [2.45, 2.75) is 19.3 Å². The smallest absolute Gasteiger partial charge is 0.141 e. The highest BCUT2D eigenvalue weighted by Crippen LogP contribution is 2.38. The van der Waals surface area contributed by atoms with E-state index in [1.807, 2.05) is 19.9 Å². The van der Waals surface area contributed by atoms with Gasteiger partial charge < -0.3 is 10.5 Å². The van der Waals surface area contributed by atoms with Gasteiger partial charge in [0.2, 0.25) is 0 Å². The Morgan fingerprint density at radius 2 is 1.93 bits per heavy atom. The van der Waals surface area contributed by atoms with E-state index < -0.39 is 0 Å². The van der Waals surface area contributed by atoms with Crippen LogP contribution in [0.25, 0.3) is 0 Å². The molecule has 15 heavy (non-hydrogen) atoms. The number of hydrogen-bond acceptors (Lipinski definition) is 2. The lowest BCUT2D eigenvalue weighted by Crippen LogP contribution is -2.28. The molecule has 1 aromatic carbocycles. The van der Waals surface area contributed by atoms with Crippen LogP contribution in [0.1, 0.15) is 19.4 Å². The molecule has 0 aliphatic heterocycles. The lowest BCUT2D eigenvalue weighted by molar-refractivity contribution is 0.394. The molecule has 0 saturated heterocycles. The molecular formula is C11H15Cl2NO. The van der Waals surface area contributed by atoms with Crippen molar-refractivity contribution in [1.29, 1.82) is 0 Å². The summed E-state index contributed by atoms with van der Waals surface area (Å²) in [5.74, 6) is 0.650. The zero-order chi connectivity index (χ0) is 11.6. The first-order chi connectivity index (χ1) is 6.92. The van der Waals surface area contributed by atoms with Crippen molar-refractivity contribution < 1.29 is 4.74 Å². The topological polar surface area (TPSA) is 35.2 Å². The summed E-state index contributed by atoms with van der Waals surface area (Å²) in [6, 6.07) is 3.51. The SMILES string of the molecule is COc1c(Cl)cc(Cl)cc1C(C)(C)CN. The van der Waals surface area contributed by atoms with E-state index in [1.165, 1.54) is 0 Å². The van der Waals surface area contributed by atoms with E-state index in [1.54, 1.807) is 13.2 Å². The van der Waals surface area contributed by atoms with Crippen LogP contribution in [0.2, 0.25) is 10.0 Å². The molecule has 1 aromatic rings. The van der Waals surface area contributed by atoms with Crippen molar-refractivity contribution in [2.24, 2.45) is 5.73 Å². The van der Waals surface area contributed by atoms with Crippen molar-refractivity contribution in [2.75, 3.05) is 13.7 Å². The lowest BCUT2D eigenvalue weighted by atomic mass is 9.84. The molecule has 2 nitrogen and oxygen atoms in total. The average molecular weight is 248 g/mol. The number of benzene rings is 1. The summed E-state index contributed by atoms with van der Waals surface area (Å²) in [5, 5.41) is 1.11. The van der Waals surface area contributed by atoms with E-state index in [4.69, 9.17) is 33.7 Å². The van der Waals surface area contributed by atoms with Crippen LogP contribution in [0.5, 0.6) is 5.75 Å². The minimum atomic E-state index is -0.208. The summed E-state index contributed by atoms with van der Waals surface area (Å²) < 4.78 is 5.27. The fourth-order valence-electron chi connectivity index (χ4n) is 1.38. The van der Waals surface area contributed by atoms with Gasteiger partial charge in [-0.25, -0.2) is 0 Å². The van der Waals surface area contributed by atoms with E-state index in [0.29, 0.717) is 22.3 Å². The second-order valence-corrected chi connectivity index (χ2v) is 4.90. The Labute approximate surface area is 100 Å². The molecule has 0 fully saturated rings. The van der Waals surface area contributed by atoms with Gasteiger partial charge in [-0.05, 0) is 12.1 Å². The summed E-state index contributed by atoms with van der Waals surface area (Å²) >= 11 is 12.0. The molecule has 0 amide bonds. The Balaban J connectivity index is 3.39. The molecule has 0 aliphatic carbocycles. The number of rotatable bonds is 3. The van der Waals surface area contributed by atoms with E-state index in [9.17, 15) is 0 Å². The summed E-state index contributed by atoms with van der Waals surface area (Å²) in [7, 11) is 1.59. The first kappa shape index (κ1) is 12.6. The second-order valence-electron chi connectivity index (χ2n) is 4.06. The number of halogens is 2. The highest BCUT2D eigenvalue weighted by atomic mass is 35.5. The lowest BCUT2D eigenvalue weighted by Gasteiger charge is -2.26. The van der Waals surface area contributed by atoms with Gasteiger partial charge in [-0.2, -0.15) is 0 Å². The van der Waals surface area contributed by atoms with Crippen LogP contribution in [0.3, 0.4) is 0 Å². The monoisotopic (exact) mass is 247 g/mol. The van der Waals surface area contributed by atoms with Crippen LogP contribution >= 0.6 is 23.2 Å². The van der Waals surface area contributed by atoms with Crippen LogP contribution in [-0.2, 0) is 5.41 Å². The predicted molar refractivity (Wildman–Crippen MR) is 65.1 cm³/mol. The molecule has 0 heterocycles. The quantitative estimate of drug-likeness (QED) is 0.891. The third-order valence-corrected chi connectivity index (χ3v) is 2.95. The van der Waals surface area contributed by atoms with Gasteiger partial charge in [-0.15, -0.1) is 0 Å². The average Bonchev–Trinajstić information content (AvgIpc) is 2.16. The van der Waals surface area contributed by atoms with Crippen molar-refractivity contribution >= 4 is 23.2 Å². The summed E-state index contributed by atoms with van der Waals surface area (Å²) in [6.07, 6.45) is 0. The highest BCUT2D eigenvalue weighted by molar-refractivity contribution is 6.35. The molecule has 0 spiro atoms. The summed E-state index contributed by atoms with van der Waals surface area (Å²) in [5.41, 5.74) is 6.45. The highest BCUT2D eigenvalue weighted by Gasteiger charge is 2.24. The molecule has 1 rings (SSSR count). The van der Waals surface area contributed by atoms with Gasteiger partial charge in [0.05, 0.1) is 12.1 Å². The Morgan fingerprint density at radius 3 is 2.40 bits per heavy atom. The van der Waals surface area contributed by atoms with Gasteiger partial charge in [-0.3, -0.25) is 0 Å². The molecule has 84 valence electrons. The van der Waals surface area contributed by atoms with Crippen LogP contribution < -0.4 is 10.5 Å². The molecule has 0 aromatic heterocycles. The number of nitrogens with two attached hydrogens (primary N) is 1. The molecule has 0 aliphatic rings. The molecule has 4 heteroatoms. The minimum absolute atomic E-state index is 0.208. The van der Waals surface area contributed by atoms with Gasteiger partial charge in [-0.1, -0.05) is 37.0 Å². The summed E-state index contributed by atoms with van der Waals surface area (Å²) in [6.45, 7) is 4.55. The van der Waals surface area contributed by atoms with Gasteiger partial charge >= 0.3 is 0 Å². The molecule has 0 atom stereocenters. The van der Waals surface area contributed by atoms with Gasteiger partial charge in [0.1, 0.15) is 5.75 Å². The zero-order valence-electron chi connectivity index (χ0n) is 9.10. The van der Waals surface area contributed by atoms with Crippen molar-refractivity contribution in [1.82, 2.24) is 0 Å². The molecule has 0 unspecified atom stereocenters. The van der Waals surface area contributed by atoms with Crippen LogP contribution in [0.15, 0.2) is 12.1 Å². The molecule has 0 radical (unpaired) electrons. The number of hydrogen-bond donors (Lipinski definition) is 1.